The van der Waals surface area contributed by atoms with Gasteiger partial charge in [-0.15, -0.1) is 0 Å². The molecular weight excluding hydrogens is 270 g/mol. The molecule has 1 aliphatic heterocycles. The Bertz CT molecular complexity index is 692. The van der Waals surface area contributed by atoms with E-state index in [4.69, 9.17) is 0 Å². The minimum Gasteiger partial charge on any atom is -0.323 e. The number of aromatic nitrogens is 2. The first-order valence-corrected chi connectivity index (χ1v) is 8.45. The molecule has 0 amide bonds. The summed E-state index contributed by atoms with van der Waals surface area (Å²) in [6.07, 6.45) is 11.8. The summed E-state index contributed by atoms with van der Waals surface area (Å²) in [6.45, 7) is 0. The van der Waals surface area contributed by atoms with E-state index in [2.05, 4.69) is 38.8 Å². The van der Waals surface area contributed by atoms with Crippen molar-refractivity contribution < 1.29 is 0 Å². The van der Waals surface area contributed by atoms with Crippen LogP contribution in [-0.4, -0.2) is 22.3 Å². The van der Waals surface area contributed by atoms with E-state index >= 15 is 0 Å². The Hall–Kier alpha value is -1.90. The molecule has 4 rings (SSSR count). The molecule has 1 atom stereocenters. The topological polar surface area (TPSA) is 30.2 Å². The number of aliphatic imine (C=N–C) groups is 1. The Labute approximate surface area is 132 Å². The van der Waals surface area contributed by atoms with Gasteiger partial charge in [0.25, 0.3) is 0 Å². The second-order valence-electron chi connectivity index (χ2n) is 6.54. The van der Waals surface area contributed by atoms with E-state index in [0.29, 0.717) is 12.0 Å². The highest BCUT2D eigenvalue weighted by Crippen LogP contribution is 2.41. The van der Waals surface area contributed by atoms with E-state index in [1.165, 1.54) is 54.6 Å². The fourth-order valence-corrected chi connectivity index (χ4v) is 4.22. The molecule has 1 saturated carbocycles. The Balaban J connectivity index is 1.65. The molecule has 3 nitrogen and oxygen atoms in total. The first-order chi connectivity index (χ1) is 10.9. The first kappa shape index (κ1) is 13.7. The van der Waals surface area contributed by atoms with Gasteiger partial charge in [-0.05, 0) is 24.3 Å². The molecule has 0 bridgehead atoms. The van der Waals surface area contributed by atoms with Crippen molar-refractivity contribution in [2.75, 3.05) is 7.05 Å². The zero-order valence-corrected chi connectivity index (χ0v) is 13.2. The number of fused-ring (bicyclic) bond motifs is 3. The molecule has 2 heterocycles. The van der Waals surface area contributed by atoms with Gasteiger partial charge in [0.2, 0.25) is 0 Å². The predicted molar refractivity (Wildman–Crippen MR) is 90.4 cm³/mol. The van der Waals surface area contributed by atoms with Gasteiger partial charge in [0.05, 0.1) is 24.3 Å². The molecule has 2 aliphatic rings. The van der Waals surface area contributed by atoms with Gasteiger partial charge >= 0.3 is 0 Å². The number of benzene rings is 1. The van der Waals surface area contributed by atoms with Crippen LogP contribution in [0.1, 0.15) is 50.1 Å². The number of hydrogen-bond donors (Lipinski definition) is 0. The maximum atomic E-state index is 4.69. The van der Waals surface area contributed by atoms with Gasteiger partial charge in [-0.3, -0.25) is 4.99 Å². The first-order valence-electron chi connectivity index (χ1n) is 8.45. The molecule has 0 spiro atoms. The lowest BCUT2D eigenvalue weighted by atomic mass is 9.83. The minimum absolute atomic E-state index is 0.370. The highest BCUT2D eigenvalue weighted by molar-refractivity contribution is 5.88. The van der Waals surface area contributed by atoms with Crippen LogP contribution in [0.3, 0.4) is 0 Å². The molecule has 22 heavy (non-hydrogen) atoms. The molecule has 0 radical (unpaired) electrons. The quantitative estimate of drug-likeness (QED) is 0.767. The molecule has 1 fully saturated rings. The average molecular weight is 293 g/mol. The second-order valence-corrected chi connectivity index (χ2v) is 6.54. The van der Waals surface area contributed by atoms with Crippen molar-refractivity contribution in [3.8, 4) is 11.3 Å². The van der Waals surface area contributed by atoms with E-state index < -0.39 is 0 Å². The predicted octanol–water partition coefficient (Wildman–Crippen LogP) is 4.49. The van der Waals surface area contributed by atoms with Crippen molar-refractivity contribution >= 4 is 5.71 Å². The van der Waals surface area contributed by atoms with Crippen LogP contribution in [-0.2, 0) is 0 Å². The van der Waals surface area contributed by atoms with Crippen LogP contribution in [0.4, 0.5) is 0 Å². The van der Waals surface area contributed by atoms with Crippen LogP contribution in [0.15, 0.2) is 41.8 Å². The number of imidazole rings is 1. The molecule has 1 aromatic carbocycles. The maximum Gasteiger partial charge on any atom is 0.0956 e. The van der Waals surface area contributed by atoms with Crippen molar-refractivity contribution in [2.45, 2.75) is 44.6 Å². The summed E-state index contributed by atoms with van der Waals surface area (Å²) in [6, 6.07) is 9.12. The Kier molecular flexibility index (Phi) is 3.57. The highest BCUT2D eigenvalue weighted by Gasteiger charge is 2.30. The van der Waals surface area contributed by atoms with Crippen LogP contribution in [0.2, 0.25) is 0 Å². The van der Waals surface area contributed by atoms with Crippen molar-refractivity contribution in [3.05, 3.63) is 42.4 Å². The van der Waals surface area contributed by atoms with Gasteiger partial charge in [-0.25, -0.2) is 4.98 Å². The van der Waals surface area contributed by atoms with Gasteiger partial charge in [0.15, 0.2) is 0 Å². The molecule has 1 aliphatic carbocycles. The van der Waals surface area contributed by atoms with Gasteiger partial charge in [0.1, 0.15) is 0 Å². The van der Waals surface area contributed by atoms with Gasteiger partial charge in [-0.2, -0.15) is 0 Å². The minimum atomic E-state index is 0.370. The van der Waals surface area contributed by atoms with Crippen molar-refractivity contribution in [2.24, 2.45) is 10.9 Å². The van der Waals surface area contributed by atoms with Crippen LogP contribution < -0.4 is 0 Å². The maximum absolute atomic E-state index is 4.69. The van der Waals surface area contributed by atoms with Crippen LogP contribution >= 0.6 is 0 Å². The Morgan fingerprint density at radius 2 is 2.05 bits per heavy atom. The van der Waals surface area contributed by atoms with Gasteiger partial charge in [-0.1, -0.05) is 43.5 Å². The third-order valence-corrected chi connectivity index (χ3v) is 5.36. The highest BCUT2D eigenvalue weighted by atomic mass is 15.1. The monoisotopic (exact) mass is 293 g/mol. The molecule has 114 valence electrons. The molecule has 3 heteroatoms. The van der Waals surface area contributed by atoms with Crippen LogP contribution in [0, 0.1) is 5.92 Å². The number of rotatable bonds is 3. The smallest absolute Gasteiger partial charge is 0.0956 e. The lowest BCUT2D eigenvalue weighted by Crippen LogP contribution is -2.21. The summed E-state index contributed by atoms with van der Waals surface area (Å²) < 4.78 is 2.33. The summed E-state index contributed by atoms with van der Waals surface area (Å²) in [5.74, 6) is 0.693. The Morgan fingerprint density at radius 3 is 2.86 bits per heavy atom. The third kappa shape index (κ3) is 2.20. The molecule has 0 saturated heterocycles. The van der Waals surface area contributed by atoms with E-state index in [9.17, 15) is 0 Å². The second kappa shape index (κ2) is 5.71. The molecule has 1 aromatic heterocycles. The zero-order chi connectivity index (χ0) is 14.9. The van der Waals surface area contributed by atoms with E-state index in [1.54, 1.807) is 0 Å². The fraction of sp³-hybridized carbons (Fsp3) is 0.474. The average Bonchev–Trinajstić information content (AvgIpc) is 3.15. The number of nitrogens with zero attached hydrogens (tertiary/aromatic N) is 3. The summed E-state index contributed by atoms with van der Waals surface area (Å²) >= 11 is 0. The van der Waals surface area contributed by atoms with Crippen LogP contribution in [0.5, 0.6) is 0 Å². The van der Waals surface area contributed by atoms with Crippen molar-refractivity contribution in [1.82, 2.24) is 9.55 Å². The third-order valence-electron chi connectivity index (χ3n) is 5.36. The van der Waals surface area contributed by atoms with Crippen molar-refractivity contribution in [3.63, 3.8) is 0 Å². The Morgan fingerprint density at radius 1 is 1.23 bits per heavy atom. The van der Waals surface area contributed by atoms with Crippen molar-refractivity contribution in [1.29, 1.82) is 0 Å². The zero-order valence-electron chi connectivity index (χ0n) is 13.2. The number of hydrogen-bond acceptors (Lipinski definition) is 2. The fourth-order valence-electron chi connectivity index (χ4n) is 4.22. The lowest BCUT2D eigenvalue weighted by Gasteiger charge is -2.26. The summed E-state index contributed by atoms with van der Waals surface area (Å²) in [7, 11) is 1.97. The van der Waals surface area contributed by atoms with Crippen LogP contribution in [0.25, 0.3) is 11.3 Å². The molecular formula is C19H23N3. The van der Waals surface area contributed by atoms with Gasteiger partial charge < -0.3 is 4.57 Å². The SMILES string of the molecule is CN=C(CC1c2ccccc2-c2cncn21)C1CCCCC1. The lowest BCUT2D eigenvalue weighted by molar-refractivity contribution is 0.430. The summed E-state index contributed by atoms with van der Waals surface area (Å²) in [5, 5.41) is 0. The molecule has 0 N–H and O–H groups in total. The van der Waals surface area contributed by atoms with Gasteiger partial charge in [0, 0.05) is 24.7 Å². The van der Waals surface area contributed by atoms with E-state index in [-0.39, 0.29) is 0 Å². The standard InChI is InChI=1S/C19H23N3/c1-20-17(14-7-3-2-4-8-14)11-18-15-9-5-6-10-16(15)19-12-21-13-22(18)19/h5-6,9-10,12-14,18H,2-4,7-8,11H2,1H3. The van der Waals surface area contributed by atoms with E-state index in [0.717, 1.165) is 6.42 Å². The molecule has 2 aromatic rings. The largest absolute Gasteiger partial charge is 0.323 e. The normalized spacial score (nSPS) is 21.7. The summed E-state index contributed by atoms with van der Waals surface area (Å²) in [4.78, 5) is 9.05. The molecule has 1 unspecified atom stereocenters. The van der Waals surface area contributed by atoms with E-state index in [1.807, 2.05) is 19.6 Å². The summed E-state index contributed by atoms with van der Waals surface area (Å²) in [5.41, 5.74) is 5.42.